The van der Waals surface area contributed by atoms with Gasteiger partial charge in [-0.05, 0) is 37.1 Å². The topological polar surface area (TPSA) is 107 Å². The van der Waals surface area contributed by atoms with Gasteiger partial charge in [-0.2, -0.15) is 0 Å². The van der Waals surface area contributed by atoms with Crippen LogP contribution in [0.3, 0.4) is 0 Å². The van der Waals surface area contributed by atoms with Gasteiger partial charge < -0.3 is 5.32 Å². The molecule has 29 heavy (non-hydrogen) atoms. The molecule has 0 saturated heterocycles. The van der Waals surface area contributed by atoms with Crippen molar-refractivity contribution in [3.63, 3.8) is 0 Å². The standard InChI is InChI=1S/C20H17ClN4O4/c21-16-11-13(25(28)29)6-7-14(16)19(26)22-12-5-8-17-15(10-12)20(27)24-9-3-1-2-4-18(24)23-17/h5-8,10-11H,1-4,9H2,(H,22,26). The number of aryl methyl sites for hydroxylation is 1. The number of hydrogen-bond donors (Lipinski definition) is 1. The quantitative estimate of drug-likeness (QED) is 0.518. The van der Waals surface area contributed by atoms with Crippen LogP contribution in [0.1, 0.15) is 35.4 Å². The summed E-state index contributed by atoms with van der Waals surface area (Å²) in [6.07, 6.45) is 3.80. The lowest BCUT2D eigenvalue weighted by molar-refractivity contribution is -0.384. The summed E-state index contributed by atoms with van der Waals surface area (Å²) in [6, 6.07) is 8.61. The number of nitro benzene ring substituents is 1. The van der Waals surface area contributed by atoms with Crippen molar-refractivity contribution in [1.82, 2.24) is 9.55 Å². The Hall–Kier alpha value is -3.26. The molecule has 1 amide bonds. The predicted molar refractivity (Wildman–Crippen MR) is 110 cm³/mol. The van der Waals surface area contributed by atoms with Crippen molar-refractivity contribution in [2.75, 3.05) is 5.32 Å². The Morgan fingerprint density at radius 3 is 2.76 bits per heavy atom. The van der Waals surface area contributed by atoms with E-state index in [9.17, 15) is 19.7 Å². The van der Waals surface area contributed by atoms with Gasteiger partial charge in [-0.1, -0.05) is 18.0 Å². The normalized spacial score (nSPS) is 13.6. The molecule has 2 aromatic carbocycles. The Morgan fingerprint density at radius 2 is 2.00 bits per heavy atom. The summed E-state index contributed by atoms with van der Waals surface area (Å²) in [4.78, 5) is 40.3. The van der Waals surface area contributed by atoms with E-state index in [-0.39, 0.29) is 21.8 Å². The van der Waals surface area contributed by atoms with E-state index in [1.54, 1.807) is 22.8 Å². The molecule has 3 aromatic rings. The summed E-state index contributed by atoms with van der Waals surface area (Å²) in [5.41, 5.74) is 0.807. The highest BCUT2D eigenvalue weighted by Gasteiger charge is 2.17. The number of hydrogen-bond acceptors (Lipinski definition) is 5. The molecule has 1 N–H and O–H groups in total. The maximum absolute atomic E-state index is 12.9. The second kappa shape index (κ2) is 7.63. The molecule has 0 aliphatic carbocycles. The molecule has 0 radical (unpaired) electrons. The second-order valence-electron chi connectivity index (χ2n) is 6.90. The Labute approximate surface area is 170 Å². The van der Waals surface area contributed by atoms with Gasteiger partial charge in [0, 0.05) is 30.8 Å². The van der Waals surface area contributed by atoms with E-state index < -0.39 is 10.8 Å². The van der Waals surface area contributed by atoms with Gasteiger partial charge in [0.15, 0.2) is 0 Å². The number of nitrogens with zero attached hydrogens (tertiary/aromatic N) is 3. The second-order valence-corrected chi connectivity index (χ2v) is 7.31. The molecule has 0 spiro atoms. The Bertz CT molecular complexity index is 1210. The fraction of sp³-hybridized carbons (Fsp3) is 0.250. The summed E-state index contributed by atoms with van der Waals surface area (Å²) >= 11 is 6.02. The third kappa shape index (κ3) is 3.71. The smallest absolute Gasteiger partial charge is 0.270 e. The molecule has 2 heterocycles. The first-order valence-corrected chi connectivity index (χ1v) is 9.60. The van der Waals surface area contributed by atoms with E-state index in [2.05, 4.69) is 10.3 Å². The molecule has 1 aliphatic heterocycles. The average Bonchev–Trinajstić information content (AvgIpc) is 2.94. The third-order valence-electron chi connectivity index (χ3n) is 4.98. The van der Waals surface area contributed by atoms with E-state index in [0.717, 1.165) is 37.6 Å². The molecule has 8 nitrogen and oxygen atoms in total. The van der Waals surface area contributed by atoms with Crippen molar-refractivity contribution in [2.45, 2.75) is 32.2 Å². The van der Waals surface area contributed by atoms with Crippen molar-refractivity contribution in [3.8, 4) is 0 Å². The lowest BCUT2D eigenvalue weighted by Crippen LogP contribution is -2.24. The molecular weight excluding hydrogens is 396 g/mol. The number of non-ortho nitro benzene ring substituents is 1. The number of benzene rings is 2. The molecule has 4 rings (SSSR count). The van der Waals surface area contributed by atoms with Gasteiger partial charge in [0.05, 0.1) is 26.4 Å². The number of aromatic nitrogens is 2. The first-order valence-electron chi connectivity index (χ1n) is 9.23. The summed E-state index contributed by atoms with van der Waals surface area (Å²) in [7, 11) is 0. The maximum Gasteiger partial charge on any atom is 0.270 e. The lowest BCUT2D eigenvalue weighted by Gasteiger charge is -2.11. The highest BCUT2D eigenvalue weighted by Crippen LogP contribution is 2.24. The van der Waals surface area contributed by atoms with Gasteiger partial charge in [-0.3, -0.25) is 24.3 Å². The van der Waals surface area contributed by atoms with E-state index in [1.165, 1.54) is 12.1 Å². The minimum Gasteiger partial charge on any atom is -0.322 e. The van der Waals surface area contributed by atoms with Crippen LogP contribution in [-0.2, 0) is 13.0 Å². The minimum atomic E-state index is -0.583. The van der Waals surface area contributed by atoms with Gasteiger partial charge in [0.1, 0.15) is 5.82 Å². The molecule has 0 unspecified atom stereocenters. The van der Waals surface area contributed by atoms with Crippen LogP contribution in [0.2, 0.25) is 5.02 Å². The third-order valence-corrected chi connectivity index (χ3v) is 5.29. The zero-order valence-electron chi connectivity index (χ0n) is 15.4. The predicted octanol–water partition coefficient (Wildman–Crippen LogP) is 3.94. The Kier molecular flexibility index (Phi) is 5.02. The van der Waals surface area contributed by atoms with Gasteiger partial charge in [-0.15, -0.1) is 0 Å². The van der Waals surface area contributed by atoms with E-state index >= 15 is 0 Å². The van der Waals surface area contributed by atoms with Gasteiger partial charge in [0.2, 0.25) is 0 Å². The van der Waals surface area contributed by atoms with Crippen molar-refractivity contribution >= 4 is 39.8 Å². The summed E-state index contributed by atoms with van der Waals surface area (Å²) in [5, 5.41) is 13.9. The fourth-order valence-electron chi connectivity index (χ4n) is 3.50. The van der Waals surface area contributed by atoms with Crippen LogP contribution >= 0.6 is 11.6 Å². The minimum absolute atomic E-state index is 0.0236. The van der Waals surface area contributed by atoms with Gasteiger partial charge in [0.25, 0.3) is 17.2 Å². The van der Waals surface area contributed by atoms with Crippen molar-refractivity contribution in [3.05, 3.63) is 73.3 Å². The van der Waals surface area contributed by atoms with Crippen LogP contribution in [0.5, 0.6) is 0 Å². The highest BCUT2D eigenvalue weighted by molar-refractivity contribution is 6.34. The fourth-order valence-corrected chi connectivity index (χ4v) is 3.76. The molecule has 1 aliphatic rings. The molecule has 0 saturated carbocycles. The van der Waals surface area contributed by atoms with E-state index in [0.29, 0.717) is 23.1 Å². The number of fused-ring (bicyclic) bond motifs is 2. The summed E-state index contributed by atoms with van der Waals surface area (Å²) in [6.45, 7) is 0.645. The zero-order valence-corrected chi connectivity index (χ0v) is 16.1. The first-order chi connectivity index (χ1) is 13.9. The molecule has 0 bridgehead atoms. The van der Waals surface area contributed by atoms with Crippen LogP contribution in [0, 0.1) is 10.1 Å². The summed E-state index contributed by atoms with van der Waals surface area (Å²) in [5.74, 6) is 0.279. The first kappa shape index (κ1) is 19.1. The van der Waals surface area contributed by atoms with Gasteiger partial charge in [-0.25, -0.2) is 4.98 Å². The SMILES string of the molecule is O=C(Nc1ccc2nc3n(c(=O)c2c1)CCCCC3)c1ccc([N+](=O)[O-])cc1Cl. The average molecular weight is 413 g/mol. The van der Waals surface area contributed by atoms with Gasteiger partial charge >= 0.3 is 0 Å². The van der Waals surface area contributed by atoms with Crippen LogP contribution in [0.25, 0.3) is 10.9 Å². The number of amides is 1. The molecule has 0 atom stereocenters. The number of nitro groups is 1. The number of carbonyl (C=O) groups is 1. The number of anilines is 1. The van der Waals surface area contributed by atoms with Crippen LogP contribution in [-0.4, -0.2) is 20.4 Å². The summed E-state index contributed by atoms with van der Waals surface area (Å²) < 4.78 is 1.72. The molecular formula is C20H17ClN4O4. The van der Waals surface area contributed by atoms with E-state index in [1.807, 2.05) is 0 Å². The number of rotatable bonds is 3. The molecule has 9 heteroatoms. The zero-order chi connectivity index (χ0) is 20.5. The number of nitrogens with one attached hydrogen (secondary N) is 1. The number of halogens is 1. The molecule has 0 fully saturated rings. The van der Waals surface area contributed by atoms with Crippen LogP contribution in [0.4, 0.5) is 11.4 Å². The monoisotopic (exact) mass is 412 g/mol. The lowest BCUT2D eigenvalue weighted by atomic mass is 10.1. The highest BCUT2D eigenvalue weighted by atomic mass is 35.5. The molecule has 1 aromatic heterocycles. The van der Waals surface area contributed by atoms with Crippen molar-refractivity contribution < 1.29 is 9.72 Å². The van der Waals surface area contributed by atoms with Crippen LogP contribution < -0.4 is 10.9 Å². The largest absolute Gasteiger partial charge is 0.322 e. The maximum atomic E-state index is 12.9. The number of carbonyl (C=O) groups excluding carboxylic acids is 1. The van der Waals surface area contributed by atoms with E-state index in [4.69, 9.17) is 11.6 Å². The van der Waals surface area contributed by atoms with Crippen molar-refractivity contribution in [1.29, 1.82) is 0 Å². The Balaban J connectivity index is 1.66. The Morgan fingerprint density at radius 1 is 1.17 bits per heavy atom. The van der Waals surface area contributed by atoms with Crippen molar-refractivity contribution in [2.24, 2.45) is 0 Å². The molecule has 148 valence electrons. The van der Waals surface area contributed by atoms with Crippen LogP contribution in [0.15, 0.2) is 41.2 Å².